The largest absolute Gasteiger partial charge is 0.493 e. The summed E-state index contributed by atoms with van der Waals surface area (Å²) in [6.07, 6.45) is 1.48. The maximum absolute atomic E-state index is 11.9. The predicted octanol–water partition coefficient (Wildman–Crippen LogP) is 3.36. The van der Waals surface area contributed by atoms with E-state index in [9.17, 15) is 4.79 Å². The Kier molecular flexibility index (Phi) is 9.08. The summed E-state index contributed by atoms with van der Waals surface area (Å²) >= 11 is 0. The van der Waals surface area contributed by atoms with Gasteiger partial charge in [0.15, 0.2) is 11.7 Å². The van der Waals surface area contributed by atoms with Gasteiger partial charge in [0.25, 0.3) is 5.91 Å². The second-order valence-corrected chi connectivity index (χ2v) is 7.13. The van der Waals surface area contributed by atoms with Crippen LogP contribution >= 0.6 is 0 Å². The molecule has 1 aromatic carbocycles. The number of guanidine groups is 1. The fourth-order valence-corrected chi connectivity index (χ4v) is 2.56. The van der Waals surface area contributed by atoms with Gasteiger partial charge >= 0.3 is 0 Å². The van der Waals surface area contributed by atoms with Crippen molar-refractivity contribution in [3.63, 3.8) is 0 Å². The lowest BCUT2D eigenvalue weighted by Crippen LogP contribution is -2.39. The summed E-state index contributed by atoms with van der Waals surface area (Å²) in [6, 6.07) is 11.5. The lowest BCUT2D eigenvalue weighted by molar-refractivity contribution is 0.0927. The Hall–Kier alpha value is -2.96. The van der Waals surface area contributed by atoms with Gasteiger partial charge in [0.05, 0.1) is 25.5 Å². The van der Waals surface area contributed by atoms with E-state index in [1.165, 1.54) is 6.26 Å². The van der Waals surface area contributed by atoms with Crippen LogP contribution in [0.4, 0.5) is 0 Å². The van der Waals surface area contributed by atoms with Gasteiger partial charge in [0, 0.05) is 13.1 Å². The first-order chi connectivity index (χ1) is 14.0. The smallest absolute Gasteiger partial charge is 0.287 e. The van der Waals surface area contributed by atoms with E-state index in [1.807, 2.05) is 19.1 Å². The van der Waals surface area contributed by atoms with Crippen molar-refractivity contribution in [3.8, 4) is 5.75 Å². The third-order valence-electron chi connectivity index (χ3n) is 4.07. The molecule has 7 nitrogen and oxygen atoms in total. The molecule has 1 atom stereocenters. The van der Waals surface area contributed by atoms with Crippen LogP contribution in [-0.2, 0) is 0 Å². The zero-order valence-corrected chi connectivity index (χ0v) is 17.7. The Bertz CT molecular complexity index is 755. The number of nitrogens with zero attached hydrogens (tertiary/aromatic N) is 1. The van der Waals surface area contributed by atoms with Crippen molar-refractivity contribution in [2.24, 2.45) is 10.9 Å². The van der Waals surface area contributed by atoms with E-state index in [1.54, 1.807) is 12.1 Å². The zero-order chi connectivity index (χ0) is 21.1. The van der Waals surface area contributed by atoms with E-state index in [-0.39, 0.29) is 11.9 Å². The molecule has 0 radical (unpaired) electrons. The molecule has 2 rings (SSSR count). The first-order valence-corrected chi connectivity index (χ1v) is 10.1. The molecule has 1 heterocycles. The van der Waals surface area contributed by atoms with Crippen LogP contribution in [0.5, 0.6) is 5.75 Å². The van der Waals surface area contributed by atoms with Crippen LogP contribution < -0.4 is 20.7 Å². The van der Waals surface area contributed by atoms with Gasteiger partial charge in [0.1, 0.15) is 5.75 Å². The lowest BCUT2D eigenvalue weighted by Gasteiger charge is -2.19. The molecule has 2 aromatic rings. The van der Waals surface area contributed by atoms with Crippen molar-refractivity contribution in [3.05, 3.63) is 54.0 Å². The molecule has 0 aliphatic rings. The Morgan fingerprint density at radius 3 is 2.52 bits per heavy atom. The molecule has 0 saturated carbocycles. The summed E-state index contributed by atoms with van der Waals surface area (Å²) in [5.74, 6) is 2.14. The molecule has 1 aromatic heterocycles. The van der Waals surface area contributed by atoms with Crippen LogP contribution in [0.1, 0.15) is 49.9 Å². The zero-order valence-electron chi connectivity index (χ0n) is 17.7. The van der Waals surface area contributed by atoms with Crippen LogP contribution in [0.15, 0.2) is 52.1 Å². The third-order valence-corrected chi connectivity index (χ3v) is 4.07. The topological polar surface area (TPSA) is 87.9 Å². The molecule has 3 N–H and O–H groups in total. The van der Waals surface area contributed by atoms with E-state index < -0.39 is 0 Å². The van der Waals surface area contributed by atoms with Crippen LogP contribution in [0.25, 0.3) is 0 Å². The Labute approximate surface area is 172 Å². The Morgan fingerprint density at radius 1 is 1.14 bits per heavy atom. The van der Waals surface area contributed by atoms with Crippen molar-refractivity contribution in [1.82, 2.24) is 16.0 Å². The summed E-state index contributed by atoms with van der Waals surface area (Å²) in [4.78, 5) is 16.4. The molecular weight excluding hydrogens is 368 g/mol. The number of amides is 1. The van der Waals surface area contributed by atoms with E-state index >= 15 is 0 Å². The second-order valence-electron chi connectivity index (χ2n) is 7.13. The highest BCUT2D eigenvalue weighted by atomic mass is 16.5. The molecule has 0 aliphatic heterocycles. The van der Waals surface area contributed by atoms with E-state index in [4.69, 9.17) is 9.15 Å². The molecule has 0 spiro atoms. The van der Waals surface area contributed by atoms with Gasteiger partial charge in [-0.05, 0) is 49.6 Å². The van der Waals surface area contributed by atoms with Crippen LogP contribution in [-0.4, -0.2) is 38.1 Å². The van der Waals surface area contributed by atoms with Crippen molar-refractivity contribution >= 4 is 11.9 Å². The number of ether oxygens (including phenoxy) is 1. The summed E-state index contributed by atoms with van der Waals surface area (Å²) in [5.41, 5.74) is 1.14. The number of aliphatic imine (C=N–C) groups is 1. The first-order valence-electron chi connectivity index (χ1n) is 10.1. The number of hydrogen-bond acceptors (Lipinski definition) is 4. The van der Waals surface area contributed by atoms with E-state index in [2.05, 4.69) is 53.8 Å². The first kappa shape index (κ1) is 22.3. The molecule has 29 heavy (non-hydrogen) atoms. The quantitative estimate of drug-likeness (QED) is 0.323. The highest BCUT2D eigenvalue weighted by Gasteiger charge is 2.09. The van der Waals surface area contributed by atoms with Crippen molar-refractivity contribution in [2.45, 2.75) is 33.7 Å². The fraction of sp³-hybridized carbons (Fsp3) is 0.455. The molecule has 0 saturated heterocycles. The highest BCUT2D eigenvalue weighted by Crippen LogP contribution is 2.18. The number of carbonyl (C=O) groups excluding carboxylic acids is 1. The summed E-state index contributed by atoms with van der Waals surface area (Å²) in [7, 11) is 0. The SMILES string of the molecule is CCNC(=NCCNC(=O)c1ccco1)NC(C)c1ccc(OCC(C)C)cc1. The van der Waals surface area contributed by atoms with Crippen molar-refractivity contribution in [1.29, 1.82) is 0 Å². The van der Waals surface area contributed by atoms with Gasteiger partial charge in [-0.3, -0.25) is 9.79 Å². The van der Waals surface area contributed by atoms with Gasteiger partial charge in [-0.15, -0.1) is 0 Å². The molecule has 1 amide bonds. The van der Waals surface area contributed by atoms with Crippen molar-refractivity contribution < 1.29 is 13.9 Å². The van der Waals surface area contributed by atoms with E-state index in [0.29, 0.717) is 37.3 Å². The predicted molar refractivity (Wildman–Crippen MR) is 115 cm³/mol. The van der Waals surface area contributed by atoms with E-state index in [0.717, 1.165) is 17.9 Å². The second kappa shape index (κ2) is 11.8. The number of carbonyl (C=O) groups is 1. The van der Waals surface area contributed by atoms with Crippen LogP contribution in [0, 0.1) is 5.92 Å². The molecule has 0 bridgehead atoms. The molecular formula is C22H32N4O3. The molecule has 0 aliphatic carbocycles. The van der Waals surface area contributed by atoms with Gasteiger partial charge in [0.2, 0.25) is 0 Å². The molecule has 1 unspecified atom stereocenters. The minimum atomic E-state index is -0.240. The maximum atomic E-state index is 11.9. The third kappa shape index (κ3) is 7.89. The summed E-state index contributed by atoms with van der Waals surface area (Å²) < 4.78 is 10.8. The number of benzene rings is 1. The highest BCUT2D eigenvalue weighted by molar-refractivity contribution is 5.91. The van der Waals surface area contributed by atoms with Gasteiger partial charge < -0.3 is 25.1 Å². The Balaban J connectivity index is 1.84. The number of rotatable bonds is 10. The van der Waals surface area contributed by atoms with Crippen molar-refractivity contribution in [2.75, 3.05) is 26.2 Å². The number of furan rings is 1. The average molecular weight is 401 g/mol. The number of hydrogen-bond donors (Lipinski definition) is 3. The standard InChI is InChI=1S/C22H32N4O3/c1-5-23-22(25-13-12-24-21(27)20-7-6-14-28-20)26-17(4)18-8-10-19(11-9-18)29-15-16(2)3/h6-11,14,16-17H,5,12-13,15H2,1-4H3,(H,24,27)(H2,23,25,26). The van der Waals surface area contributed by atoms with Crippen LogP contribution in [0.3, 0.4) is 0 Å². The maximum Gasteiger partial charge on any atom is 0.287 e. The fourth-order valence-electron chi connectivity index (χ4n) is 2.56. The van der Waals surface area contributed by atoms with Gasteiger partial charge in [-0.2, -0.15) is 0 Å². The minimum absolute atomic E-state index is 0.0738. The molecule has 7 heteroatoms. The average Bonchev–Trinajstić information content (AvgIpc) is 3.25. The normalized spacial score (nSPS) is 12.5. The monoisotopic (exact) mass is 400 g/mol. The minimum Gasteiger partial charge on any atom is -0.493 e. The molecule has 0 fully saturated rings. The van der Waals surface area contributed by atoms with Crippen LogP contribution in [0.2, 0.25) is 0 Å². The van der Waals surface area contributed by atoms with Gasteiger partial charge in [-0.1, -0.05) is 26.0 Å². The summed E-state index contributed by atoms with van der Waals surface area (Å²) in [6.45, 7) is 10.7. The number of nitrogens with one attached hydrogen (secondary N) is 3. The lowest BCUT2D eigenvalue weighted by atomic mass is 10.1. The molecule has 158 valence electrons. The Morgan fingerprint density at radius 2 is 1.90 bits per heavy atom. The summed E-state index contributed by atoms with van der Waals surface area (Å²) in [5, 5.41) is 9.40. The van der Waals surface area contributed by atoms with Gasteiger partial charge in [-0.25, -0.2) is 0 Å².